The highest BCUT2D eigenvalue weighted by atomic mass is 16.6. The Morgan fingerprint density at radius 3 is 2.50 bits per heavy atom. The molecule has 0 saturated heterocycles. The highest BCUT2D eigenvalue weighted by molar-refractivity contribution is 5.94. The minimum Gasteiger partial charge on any atom is -0.484 e. The van der Waals surface area contributed by atoms with Crippen molar-refractivity contribution in [2.75, 3.05) is 11.9 Å². The van der Waals surface area contributed by atoms with Crippen LogP contribution in [0.3, 0.4) is 0 Å². The van der Waals surface area contributed by atoms with Gasteiger partial charge in [-0.25, -0.2) is 0 Å². The van der Waals surface area contributed by atoms with Crippen LogP contribution >= 0.6 is 0 Å². The highest BCUT2D eigenvalue weighted by Gasteiger charge is 2.14. The largest absolute Gasteiger partial charge is 0.484 e. The van der Waals surface area contributed by atoms with Crippen LogP contribution in [0.1, 0.15) is 12.5 Å². The summed E-state index contributed by atoms with van der Waals surface area (Å²) in [6.07, 6.45) is 0.929. The second-order valence-corrected chi connectivity index (χ2v) is 4.61. The number of anilines is 1. The van der Waals surface area contributed by atoms with Crippen molar-refractivity contribution in [3.63, 3.8) is 0 Å². The molecule has 0 saturated carbocycles. The first-order valence-electron chi connectivity index (χ1n) is 6.85. The maximum absolute atomic E-state index is 11.8. The minimum atomic E-state index is -0.542. The molecule has 2 aromatic carbocycles. The van der Waals surface area contributed by atoms with Crippen molar-refractivity contribution in [3.8, 4) is 5.75 Å². The molecule has 0 unspecified atom stereocenters. The fourth-order valence-corrected chi connectivity index (χ4v) is 1.90. The number of nitro benzene ring substituents is 1. The summed E-state index contributed by atoms with van der Waals surface area (Å²) in [5.74, 6) is 0.128. The Balaban J connectivity index is 1.94. The molecule has 0 aliphatic rings. The van der Waals surface area contributed by atoms with E-state index >= 15 is 0 Å². The van der Waals surface area contributed by atoms with Crippen molar-refractivity contribution >= 4 is 17.3 Å². The fraction of sp³-hybridized carbons (Fsp3) is 0.188. The molecule has 1 N–H and O–H groups in total. The van der Waals surface area contributed by atoms with Crippen molar-refractivity contribution in [2.24, 2.45) is 0 Å². The van der Waals surface area contributed by atoms with Crippen LogP contribution in [-0.2, 0) is 11.2 Å². The third-order valence-corrected chi connectivity index (χ3v) is 3.08. The number of amides is 1. The monoisotopic (exact) mass is 300 g/mol. The first-order valence-corrected chi connectivity index (χ1v) is 6.85. The zero-order valence-corrected chi connectivity index (χ0v) is 12.1. The van der Waals surface area contributed by atoms with Crippen LogP contribution in [0, 0.1) is 10.1 Å². The van der Waals surface area contributed by atoms with Gasteiger partial charge in [-0.2, -0.15) is 0 Å². The van der Waals surface area contributed by atoms with Gasteiger partial charge in [0.05, 0.1) is 4.92 Å². The first-order chi connectivity index (χ1) is 10.6. The van der Waals surface area contributed by atoms with Gasteiger partial charge in [0.2, 0.25) is 0 Å². The predicted molar refractivity (Wildman–Crippen MR) is 83.0 cm³/mol. The Morgan fingerprint density at radius 1 is 1.18 bits per heavy atom. The lowest BCUT2D eigenvalue weighted by Crippen LogP contribution is -2.20. The van der Waals surface area contributed by atoms with E-state index in [0.717, 1.165) is 6.42 Å². The summed E-state index contributed by atoms with van der Waals surface area (Å²) in [7, 11) is 0. The molecular weight excluding hydrogens is 284 g/mol. The van der Waals surface area contributed by atoms with Gasteiger partial charge in [-0.05, 0) is 30.2 Å². The molecule has 22 heavy (non-hydrogen) atoms. The molecule has 0 radical (unpaired) electrons. The fourth-order valence-electron chi connectivity index (χ4n) is 1.90. The minimum absolute atomic E-state index is 0.150. The average molecular weight is 300 g/mol. The molecule has 2 aromatic rings. The van der Waals surface area contributed by atoms with Crippen LogP contribution in [0.15, 0.2) is 48.5 Å². The molecular formula is C16H16N2O4. The Labute approximate surface area is 127 Å². The molecule has 0 aliphatic heterocycles. The van der Waals surface area contributed by atoms with Gasteiger partial charge in [0, 0.05) is 6.07 Å². The van der Waals surface area contributed by atoms with Crippen LogP contribution < -0.4 is 10.1 Å². The summed E-state index contributed by atoms with van der Waals surface area (Å²) in [5.41, 5.74) is 1.18. The van der Waals surface area contributed by atoms with Crippen molar-refractivity contribution in [1.82, 2.24) is 0 Å². The zero-order chi connectivity index (χ0) is 15.9. The highest BCUT2D eigenvalue weighted by Crippen LogP contribution is 2.23. The van der Waals surface area contributed by atoms with Crippen molar-refractivity contribution in [2.45, 2.75) is 13.3 Å². The van der Waals surface area contributed by atoms with Crippen molar-refractivity contribution < 1.29 is 14.5 Å². The maximum Gasteiger partial charge on any atom is 0.292 e. The van der Waals surface area contributed by atoms with Gasteiger partial charge in [-0.1, -0.05) is 31.2 Å². The third kappa shape index (κ3) is 4.05. The second-order valence-electron chi connectivity index (χ2n) is 4.61. The number of nitrogens with zero attached hydrogens (tertiary/aromatic N) is 1. The van der Waals surface area contributed by atoms with E-state index in [1.165, 1.54) is 17.7 Å². The molecule has 2 rings (SSSR count). The molecule has 0 aromatic heterocycles. The van der Waals surface area contributed by atoms with Gasteiger partial charge in [-0.3, -0.25) is 14.9 Å². The SMILES string of the molecule is CCc1ccc(OCC(=O)Nc2ccccc2[N+](=O)[O-])cc1. The van der Waals surface area contributed by atoms with Gasteiger partial charge in [0.25, 0.3) is 11.6 Å². The van der Waals surface area contributed by atoms with Crippen LogP contribution in [0.4, 0.5) is 11.4 Å². The number of hydrogen-bond donors (Lipinski definition) is 1. The zero-order valence-electron chi connectivity index (χ0n) is 12.1. The molecule has 0 heterocycles. The molecule has 0 fully saturated rings. The van der Waals surface area contributed by atoms with E-state index in [2.05, 4.69) is 12.2 Å². The number of aryl methyl sites for hydroxylation is 1. The number of para-hydroxylation sites is 2. The van der Waals surface area contributed by atoms with E-state index in [1.54, 1.807) is 24.3 Å². The first kappa shape index (κ1) is 15.5. The van der Waals surface area contributed by atoms with E-state index in [-0.39, 0.29) is 18.0 Å². The number of carbonyl (C=O) groups excluding carboxylic acids is 1. The number of ether oxygens (including phenoxy) is 1. The average Bonchev–Trinajstić information content (AvgIpc) is 2.53. The van der Waals surface area contributed by atoms with Crippen molar-refractivity contribution in [3.05, 3.63) is 64.2 Å². The van der Waals surface area contributed by atoms with E-state index in [4.69, 9.17) is 4.74 Å². The van der Waals surface area contributed by atoms with E-state index in [1.807, 2.05) is 12.1 Å². The van der Waals surface area contributed by atoms with E-state index in [9.17, 15) is 14.9 Å². The van der Waals surface area contributed by atoms with Gasteiger partial charge in [-0.15, -0.1) is 0 Å². The standard InChI is InChI=1S/C16H16N2O4/c1-2-12-7-9-13(10-8-12)22-11-16(19)17-14-5-3-4-6-15(14)18(20)21/h3-10H,2,11H2,1H3,(H,17,19). The van der Waals surface area contributed by atoms with Gasteiger partial charge >= 0.3 is 0 Å². The Bertz CT molecular complexity index is 668. The topological polar surface area (TPSA) is 81.5 Å². The number of benzene rings is 2. The summed E-state index contributed by atoms with van der Waals surface area (Å²) < 4.78 is 5.36. The van der Waals surface area contributed by atoms with Crippen LogP contribution in [0.5, 0.6) is 5.75 Å². The molecule has 1 amide bonds. The predicted octanol–water partition coefficient (Wildman–Crippen LogP) is 3.17. The third-order valence-electron chi connectivity index (χ3n) is 3.08. The maximum atomic E-state index is 11.8. The van der Waals surface area contributed by atoms with Gasteiger partial charge in [0.1, 0.15) is 11.4 Å². The van der Waals surface area contributed by atoms with E-state index in [0.29, 0.717) is 5.75 Å². The summed E-state index contributed by atoms with van der Waals surface area (Å²) in [6, 6.07) is 13.4. The molecule has 0 atom stereocenters. The molecule has 114 valence electrons. The Hall–Kier alpha value is -2.89. The molecule has 0 spiro atoms. The molecule has 0 aliphatic carbocycles. The van der Waals surface area contributed by atoms with Crippen molar-refractivity contribution in [1.29, 1.82) is 0 Å². The molecule has 6 heteroatoms. The van der Waals surface area contributed by atoms with Crippen LogP contribution in [-0.4, -0.2) is 17.4 Å². The Kier molecular flexibility index (Phi) is 5.08. The number of carbonyl (C=O) groups is 1. The number of nitrogens with one attached hydrogen (secondary N) is 1. The summed E-state index contributed by atoms with van der Waals surface area (Å²) >= 11 is 0. The lowest BCUT2D eigenvalue weighted by atomic mass is 10.2. The van der Waals surface area contributed by atoms with E-state index < -0.39 is 10.8 Å². The lowest BCUT2D eigenvalue weighted by Gasteiger charge is -2.08. The smallest absolute Gasteiger partial charge is 0.292 e. The van der Waals surface area contributed by atoms with Gasteiger partial charge < -0.3 is 10.1 Å². The normalized spacial score (nSPS) is 10.0. The second kappa shape index (κ2) is 7.21. The molecule has 0 bridgehead atoms. The quantitative estimate of drug-likeness (QED) is 0.656. The Morgan fingerprint density at radius 2 is 1.86 bits per heavy atom. The number of nitro groups is 1. The molecule has 6 nitrogen and oxygen atoms in total. The van der Waals surface area contributed by atoms with Crippen LogP contribution in [0.2, 0.25) is 0 Å². The lowest BCUT2D eigenvalue weighted by molar-refractivity contribution is -0.383. The summed E-state index contributed by atoms with van der Waals surface area (Å²) in [5, 5.41) is 13.3. The van der Waals surface area contributed by atoms with Gasteiger partial charge in [0.15, 0.2) is 6.61 Å². The summed E-state index contributed by atoms with van der Waals surface area (Å²) in [4.78, 5) is 22.1. The summed E-state index contributed by atoms with van der Waals surface area (Å²) in [6.45, 7) is 1.84. The number of hydrogen-bond acceptors (Lipinski definition) is 4. The number of rotatable bonds is 6. The van der Waals surface area contributed by atoms with Crippen LogP contribution in [0.25, 0.3) is 0 Å².